The van der Waals surface area contributed by atoms with Crippen LogP contribution in [0.1, 0.15) is 11.1 Å². The molecule has 0 heterocycles. The first-order chi connectivity index (χ1) is 9.75. The molecule has 0 aliphatic rings. The lowest BCUT2D eigenvalue weighted by Gasteiger charge is -2.09. The van der Waals surface area contributed by atoms with Crippen molar-refractivity contribution in [3.63, 3.8) is 0 Å². The van der Waals surface area contributed by atoms with Gasteiger partial charge >= 0.3 is 0 Å². The first-order valence-corrected chi connectivity index (χ1v) is 6.58. The van der Waals surface area contributed by atoms with Gasteiger partial charge in [-0.2, -0.15) is 0 Å². The summed E-state index contributed by atoms with van der Waals surface area (Å²) in [6.45, 7) is 0. The van der Waals surface area contributed by atoms with E-state index in [4.69, 9.17) is 0 Å². The SMILES string of the molecule is O[C@H](/C=C\c1ccccc1)[C@@H](O)/C=C\c1ccccc1. The summed E-state index contributed by atoms with van der Waals surface area (Å²) >= 11 is 0. The van der Waals surface area contributed by atoms with E-state index in [0.29, 0.717) is 0 Å². The summed E-state index contributed by atoms with van der Waals surface area (Å²) in [7, 11) is 0. The van der Waals surface area contributed by atoms with E-state index in [2.05, 4.69) is 0 Å². The van der Waals surface area contributed by atoms with Crippen LogP contribution in [-0.4, -0.2) is 22.4 Å². The standard InChI is InChI=1S/C18H18O2/c19-17(13-11-15-7-3-1-4-8-15)18(20)14-12-16-9-5-2-6-10-16/h1-14,17-20H/b13-11-,14-12-/t17-,18+. The van der Waals surface area contributed by atoms with Gasteiger partial charge in [0.15, 0.2) is 0 Å². The number of aliphatic hydroxyl groups is 2. The van der Waals surface area contributed by atoms with Crippen molar-refractivity contribution in [2.45, 2.75) is 12.2 Å². The maximum absolute atomic E-state index is 9.87. The fraction of sp³-hybridized carbons (Fsp3) is 0.111. The predicted molar refractivity (Wildman–Crippen MR) is 83.0 cm³/mol. The van der Waals surface area contributed by atoms with Gasteiger partial charge in [-0.1, -0.05) is 85.0 Å². The Labute approximate surface area is 119 Å². The summed E-state index contributed by atoms with van der Waals surface area (Å²) in [6, 6.07) is 19.3. The molecule has 0 fully saturated rings. The number of hydrogen-bond donors (Lipinski definition) is 2. The molecule has 0 spiro atoms. The van der Waals surface area contributed by atoms with Gasteiger partial charge in [-0.15, -0.1) is 0 Å². The fourth-order valence-electron chi connectivity index (χ4n) is 1.78. The minimum absolute atomic E-state index is 0.921. The van der Waals surface area contributed by atoms with Gasteiger partial charge < -0.3 is 10.2 Å². The van der Waals surface area contributed by atoms with Crippen molar-refractivity contribution in [3.8, 4) is 0 Å². The molecule has 2 heteroatoms. The minimum Gasteiger partial charge on any atom is -0.386 e. The normalized spacial score (nSPS) is 14.7. The van der Waals surface area contributed by atoms with Gasteiger partial charge in [0.25, 0.3) is 0 Å². The Kier molecular flexibility index (Phi) is 5.30. The van der Waals surface area contributed by atoms with Gasteiger partial charge in [0.1, 0.15) is 12.2 Å². The zero-order valence-corrected chi connectivity index (χ0v) is 11.1. The predicted octanol–water partition coefficient (Wildman–Crippen LogP) is 3.14. The largest absolute Gasteiger partial charge is 0.386 e. The summed E-state index contributed by atoms with van der Waals surface area (Å²) in [6.07, 6.45) is 4.93. The highest BCUT2D eigenvalue weighted by Gasteiger charge is 2.08. The average molecular weight is 266 g/mol. The van der Waals surface area contributed by atoms with Crippen LogP contribution in [0.25, 0.3) is 12.2 Å². The molecule has 2 nitrogen and oxygen atoms in total. The van der Waals surface area contributed by atoms with Gasteiger partial charge in [0.05, 0.1) is 0 Å². The van der Waals surface area contributed by atoms with E-state index in [1.807, 2.05) is 60.7 Å². The van der Waals surface area contributed by atoms with Crippen molar-refractivity contribution in [2.24, 2.45) is 0 Å². The summed E-state index contributed by atoms with van der Waals surface area (Å²) in [5.74, 6) is 0. The van der Waals surface area contributed by atoms with Crippen LogP contribution in [0.15, 0.2) is 72.8 Å². The van der Waals surface area contributed by atoms with E-state index in [1.165, 1.54) is 0 Å². The molecule has 0 amide bonds. The van der Waals surface area contributed by atoms with Crippen LogP contribution in [0.2, 0.25) is 0 Å². The molecule has 2 aromatic carbocycles. The zero-order valence-electron chi connectivity index (χ0n) is 11.1. The molecule has 0 saturated heterocycles. The van der Waals surface area contributed by atoms with E-state index >= 15 is 0 Å². The van der Waals surface area contributed by atoms with Crippen molar-refractivity contribution in [2.75, 3.05) is 0 Å². The quantitative estimate of drug-likeness (QED) is 0.873. The van der Waals surface area contributed by atoms with Crippen molar-refractivity contribution >= 4 is 12.2 Å². The van der Waals surface area contributed by atoms with Crippen LogP contribution in [0, 0.1) is 0 Å². The number of aliphatic hydroxyl groups excluding tert-OH is 2. The molecule has 102 valence electrons. The second-order valence-corrected chi connectivity index (χ2v) is 4.52. The lowest BCUT2D eigenvalue weighted by molar-refractivity contribution is 0.0818. The Balaban J connectivity index is 1.94. The summed E-state index contributed by atoms with van der Waals surface area (Å²) < 4.78 is 0. The lowest BCUT2D eigenvalue weighted by atomic mass is 10.1. The highest BCUT2D eigenvalue weighted by molar-refractivity contribution is 5.51. The van der Waals surface area contributed by atoms with Crippen LogP contribution in [0.3, 0.4) is 0 Å². The van der Waals surface area contributed by atoms with Gasteiger partial charge in [-0.25, -0.2) is 0 Å². The van der Waals surface area contributed by atoms with Crippen molar-refractivity contribution in [3.05, 3.63) is 83.9 Å². The van der Waals surface area contributed by atoms with Crippen LogP contribution in [0.5, 0.6) is 0 Å². The summed E-state index contributed by atoms with van der Waals surface area (Å²) in [5.41, 5.74) is 1.98. The average Bonchev–Trinajstić information content (AvgIpc) is 2.52. The third-order valence-electron chi connectivity index (χ3n) is 2.92. The van der Waals surface area contributed by atoms with Gasteiger partial charge in [-0.3, -0.25) is 0 Å². The Bertz CT molecular complexity index is 505. The molecule has 0 radical (unpaired) electrons. The van der Waals surface area contributed by atoms with Crippen molar-refractivity contribution in [1.29, 1.82) is 0 Å². The molecule has 0 unspecified atom stereocenters. The maximum atomic E-state index is 9.87. The molecule has 2 rings (SSSR count). The van der Waals surface area contributed by atoms with Gasteiger partial charge in [0.2, 0.25) is 0 Å². The van der Waals surface area contributed by atoms with Crippen LogP contribution in [-0.2, 0) is 0 Å². The molecule has 0 aromatic heterocycles. The van der Waals surface area contributed by atoms with Crippen molar-refractivity contribution in [1.82, 2.24) is 0 Å². The number of hydrogen-bond acceptors (Lipinski definition) is 2. The van der Waals surface area contributed by atoms with Gasteiger partial charge in [-0.05, 0) is 11.1 Å². The molecular formula is C18H18O2. The molecule has 0 bridgehead atoms. The lowest BCUT2D eigenvalue weighted by Crippen LogP contribution is -2.20. The molecule has 0 aliphatic heterocycles. The molecule has 0 aliphatic carbocycles. The third kappa shape index (κ3) is 4.50. The first-order valence-electron chi connectivity index (χ1n) is 6.58. The number of benzene rings is 2. The summed E-state index contributed by atoms with van der Waals surface area (Å²) in [4.78, 5) is 0. The Hall–Kier alpha value is -2.16. The van der Waals surface area contributed by atoms with E-state index in [1.54, 1.807) is 24.3 Å². The monoisotopic (exact) mass is 266 g/mol. The first kappa shape index (κ1) is 14.3. The molecule has 2 atom stereocenters. The van der Waals surface area contributed by atoms with E-state index in [9.17, 15) is 10.2 Å². The van der Waals surface area contributed by atoms with E-state index in [-0.39, 0.29) is 0 Å². The second-order valence-electron chi connectivity index (χ2n) is 4.52. The van der Waals surface area contributed by atoms with Crippen LogP contribution < -0.4 is 0 Å². The second kappa shape index (κ2) is 7.43. The third-order valence-corrected chi connectivity index (χ3v) is 2.92. The highest BCUT2D eigenvalue weighted by Crippen LogP contribution is 2.07. The molecule has 2 N–H and O–H groups in total. The van der Waals surface area contributed by atoms with Gasteiger partial charge in [0, 0.05) is 0 Å². The topological polar surface area (TPSA) is 40.5 Å². The fourth-order valence-corrected chi connectivity index (χ4v) is 1.78. The van der Waals surface area contributed by atoms with E-state index in [0.717, 1.165) is 11.1 Å². The van der Waals surface area contributed by atoms with Crippen LogP contribution in [0.4, 0.5) is 0 Å². The maximum Gasteiger partial charge on any atom is 0.102 e. The molecule has 20 heavy (non-hydrogen) atoms. The van der Waals surface area contributed by atoms with Crippen LogP contribution >= 0.6 is 0 Å². The Morgan fingerprint density at radius 3 is 1.30 bits per heavy atom. The Morgan fingerprint density at radius 2 is 0.950 bits per heavy atom. The molecule has 0 saturated carbocycles. The minimum atomic E-state index is -0.921. The number of rotatable bonds is 5. The highest BCUT2D eigenvalue weighted by atomic mass is 16.3. The molecule has 2 aromatic rings. The smallest absolute Gasteiger partial charge is 0.102 e. The van der Waals surface area contributed by atoms with Crippen molar-refractivity contribution < 1.29 is 10.2 Å². The zero-order chi connectivity index (χ0) is 14.2. The Morgan fingerprint density at radius 1 is 0.600 bits per heavy atom. The summed E-state index contributed by atoms with van der Waals surface area (Å²) in [5, 5.41) is 19.7. The van der Waals surface area contributed by atoms with E-state index < -0.39 is 12.2 Å². The molecular weight excluding hydrogens is 248 g/mol.